The summed E-state index contributed by atoms with van der Waals surface area (Å²) < 4.78 is 5.18. The number of unbranched alkanes of at least 4 members (excludes halogenated alkanes) is 2. The lowest BCUT2D eigenvalue weighted by Crippen LogP contribution is -2.30. The molecule has 0 aliphatic carbocycles. The molecule has 32 heavy (non-hydrogen) atoms. The number of fused-ring (bicyclic) bond motifs is 1. The molecule has 1 aliphatic heterocycles. The van der Waals surface area contributed by atoms with Crippen molar-refractivity contribution < 1.29 is 23.9 Å². The Morgan fingerprint density at radius 2 is 1.53 bits per heavy atom. The summed E-state index contributed by atoms with van der Waals surface area (Å²) in [7, 11) is 0. The van der Waals surface area contributed by atoms with Gasteiger partial charge in [-0.05, 0) is 55.2 Å². The molecule has 3 rings (SSSR count). The van der Waals surface area contributed by atoms with E-state index in [0.717, 1.165) is 6.42 Å². The fraction of sp³-hybridized carbons (Fsp3) is 0.360. The molecule has 7 heteroatoms. The fourth-order valence-corrected chi connectivity index (χ4v) is 3.41. The number of ether oxygens (including phenoxy) is 1. The average molecular weight is 437 g/mol. The van der Waals surface area contributed by atoms with Gasteiger partial charge < -0.3 is 10.1 Å². The van der Waals surface area contributed by atoms with Crippen LogP contribution in [0.3, 0.4) is 0 Å². The molecule has 0 radical (unpaired) electrons. The molecule has 168 valence electrons. The monoisotopic (exact) mass is 436 g/mol. The van der Waals surface area contributed by atoms with Crippen LogP contribution >= 0.6 is 0 Å². The van der Waals surface area contributed by atoms with Gasteiger partial charge in [0.1, 0.15) is 0 Å². The largest absolute Gasteiger partial charge is 0.462 e. The summed E-state index contributed by atoms with van der Waals surface area (Å²) in [6.45, 7) is 4.65. The van der Waals surface area contributed by atoms with Gasteiger partial charge in [0.2, 0.25) is 5.91 Å². The second kappa shape index (κ2) is 10.7. The maximum atomic E-state index is 12.3. The van der Waals surface area contributed by atoms with Gasteiger partial charge in [0.05, 0.1) is 23.3 Å². The van der Waals surface area contributed by atoms with E-state index >= 15 is 0 Å². The number of carbonyl (C=O) groups excluding carboxylic acids is 4. The summed E-state index contributed by atoms with van der Waals surface area (Å²) in [5.74, 6) is -0.736. The Balaban J connectivity index is 1.36. The number of hydrogen-bond acceptors (Lipinski definition) is 5. The van der Waals surface area contributed by atoms with Gasteiger partial charge in [-0.2, -0.15) is 0 Å². The minimum atomic E-state index is -0.380. The van der Waals surface area contributed by atoms with E-state index in [2.05, 4.69) is 5.32 Å². The predicted octanol–water partition coefficient (Wildman–Crippen LogP) is 4.29. The first kappa shape index (κ1) is 23.2. The normalized spacial score (nSPS) is 12.8. The Labute approximate surface area is 187 Å². The first-order valence-corrected chi connectivity index (χ1v) is 10.9. The zero-order chi connectivity index (χ0) is 23.1. The van der Waals surface area contributed by atoms with E-state index in [0.29, 0.717) is 54.8 Å². The molecule has 0 aromatic heterocycles. The molecular weight excluding hydrogens is 408 g/mol. The van der Waals surface area contributed by atoms with Crippen molar-refractivity contribution in [3.8, 4) is 0 Å². The minimum Gasteiger partial charge on any atom is -0.462 e. The van der Waals surface area contributed by atoms with Crippen molar-refractivity contribution in [1.29, 1.82) is 0 Å². The Bertz CT molecular complexity index is 963. The standard InChI is InChI=1S/C25H28N2O5/c1-17(2)16-32-25(31)18-11-13-19(14-12-18)26-22(28)10-4-3-7-15-27-23(29)20-8-5-6-9-21(20)24(27)30/h5-6,8-9,11-14,17H,3-4,7,10,15-16H2,1-2H3,(H,26,28). The molecule has 1 N–H and O–H groups in total. The van der Waals surface area contributed by atoms with Crippen molar-refractivity contribution in [2.75, 3.05) is 18.5 Å². The van der Waals surface area contributed by atoms with E-state index in [1.54, 1.807) is 48.5 Å². The summed E-state index contributed by atoms with van der Waals surface area (Å²) >= 11 is 0. The number of esters is 1. The predicted molar refractivity (Wildman–Crippen MR) is 120 cm³/mol. The van der Waals surface area contributed by atoms with Crippen molar-refractivity contribution in [2.45, 2.75) is 39.5 Å². The Kier molecular flexibility index (Phi) is 7.76. The lowest BCUT2D eigenvalue weighted by molar-refractivity contribution is -0.116. The Morgan fingerprint density at radius 1 is 0.906 bits per heavy atom. The number of anilines is 1. The molecule has 0 spiro atoms. The highest BCUT2D eigenvalue weighted by Crippen LogP contribution is 2.23. The van der Waals surface area contributed by atoms with Crippen LogP contribution in [-0.4, -0.2) is 41.7 Å². The highest BCUT2D eigenvalue weighted by molar-refractivity contribution is 6.21. The van der Waals surface area contributed by atoms with E-state index in [9.17, 15) is 19.2 Å². The minimum absolute atomic E-state index is 0.124. The van der Waals surface area contributed by atoms with E-state index in [-0.39, 0.29) is 29.6 Å². The van der Waals surface area contributed by atoms with Crippen LogP contribution in [0.15, 0.2) is 48.5 Å². The molecule has 1 heterocycles. The molecule has 7 nitrogen and oxygen atoms in total. The van der Waals surface area contributed by atoms with Crippen molar-refractivity contribution in [2.24, 2.45) is 5.92 Å². The second-order valence-electron chi connectivity index (χ2n) is 8.24. The quantitative estimate of drug-likeness (QED) is 0.341. The lowest BCUT2D eigenvalue weighted by Gasteiger charge is -2.13. The summed E-state index contributed by atoms with van der Waals surface area (Å²) in [4.78, 5) is 50.0. The number of hydrogen-bond donors (Lipinski definition) is 1. The number of benzene rings is 2. The molecule has 2 aromatic carbocycles. The van der Waals surface area contributed by atoms with Gasteiger partial charge in [0.15, 0.2) is 0 Å². The number of amides is 3. The Morgan fingerprint density at radius 3 is 2.12 bits per heavy atom. The van der Waals surface area contributed by atoms with E-state index in [4.69, 9.17) is 4.74 Å². The van der Waals surface area contributed by atoms with Crippen LogP contribution in [0.4, 0.5) is 5.69 Å². The third-order valence-electron chi connectivity index (χ3n) is 5.12. The number of imide groups is 1. The van der Waals surface area contributed by atoms with E-state index < -0.39 is 0 Å². The third kappa shape index (κ3) is 5.81. The fourth-order valence-electron chi connectivity index (χ4n) is 3.41. The molecule has 0 saturated carbocycles. The number of nitrogens with zero attached hydrogens (tertiary/aromatic N) is 1. The molecule has 0 fully saturated rings. The maximum absolute atomic E-state index is 12.3. The first-order valence-electron chi connectivity index (χ1n) is 10.9. The van der Waals surface area contributed by atoms with Crippen LogP contribution in [0.5, 0.6) is 0 Å². The van der Waals surface area contributed by atoms with Crippen molar-refractivity contribution >= 4 is 29.4 Å². The van der Waals surface area contributed by atoms with E-state index in [1.165, 1.54) is 4.90 Å². The maximum Gasteiger partial charge on any atom is 0.338 e. The number of nitrogens with one attached hydrogen (secondary N) is 1. The van der Waals surface area contributed by atoms with Crippen LogP contribution in [0.1, 0.15) is 70.6 Å². The van der Waals surface area contributed by atoms with E-state index in [1.807, 2.05) is 13.8 Å². The lowest BCUT2D eigenvalue weighted by atomic mass is 10.1. The molecule has 3 amide bonds. The van der Waals surface area contributed by atoms with Gasteiger partial charge in [-0.25, -0.2) is 4.79 Å². The third-order valence-corrected chi connectivity index (χ3v) is 5.12. The van der Waals surface area contributed by atoms with Gasteiger partial charge in [-0.1, -0.05) is 32.4 Å². The van der Waals surface area contributed by atoms with Crippen LogP contribution in [0.25, 0.3) is 0 Å². The summed E-state index contributed by atoms with van der Waals surface area (Å²) in [6.07, 6.45) is 2.35. The molecule has 0 bridgehead atoms. The van der Waals surface area contributed by atoms with Crippen LogP contribution in [0.2, 0.25) is 0 Å². The van der Waals surface area contributed by atoms with Crippen LogP contribution < -0.4 is 5.32 Å². The molecule has 0 unspecified atom stereocenters. The van der Waals surface area contributed by atoms with Gasteiger partial charge in [0.25, 0.3) is 11.8 Å². The highest BCUT2D eigenvalue weighted by Gasteiger charge is 2.34. The first-order chi connectivity index (χ1) is 15.4. The zero-order valence-electron chi connectivity index (χ0n) is 18.4. The number of rotatable bonds is 10. The topological polar surface area (TPSA) is 92.8 Å². The summed E-state index contributed by atoms with van der Waals surface area (Å²) in [5.41, 5.74) is 1.96. The van der Waals surface area contributed by atoms with Crippen molar-refractivity contribution in [3.05, 3.63) is 65.2 Å². The SMILES string of the molecule is CC(C)COC(=O)c1ccc(NC(=O)CCCCCN2C(=O)c3ccccc3C2=O)cc1. The summed E-state index contributed by atoms with van der Waals surface area (Å²) in [6, 6.07) is 13.4. The molecular formula is C25H28N2O5. The van der Waals surface area contributed by atoms with Gasteiger partial charge in [-0.15, -0.1) is 0 Å². The highest BCUT2D eigenvalue weighted by atomic mass is 16.5. The van der Waals surface area contributed by atoms with Gasteiger partial charge in [-0.3, -0.25) is 19.3 Å². The average Bonchev–Trinajstić information content (AvgIpc) is 3.02. The van der Waals surface area contributed by atoms with Gasteiger partial charge >= 0.3 is 5.97 Å². The van der Waals surface area contributed by atoms with Crippen LogP contribution in [-0.2, 0) is 9.53 Å². The molecule has 1 aliphatic rings. The van der Waals surface area contributed by atoms with Crippen molar-refractivity contribution in [3.63, 3.8) is 0 Å². The zero-order valence-corrected chi connectivity index (χ0v) is 18.4. The molecule has 0 atom stereocenters. The molecule has 2 aromatic rings. The summed E-state index contributed by atoms with van der Waals surface area (Å²) in [5, 5.41) is 2.81. The second-order valence-corrected chi connectivity index (χ2v) is 8.24. The van der Waals surface area contributed by atoms with Gasteiger partial charge in [0, 0.05) is 18.7 Å². The smallest absolute Gasteiger partial charge is 0.338 e. The van der Waals surface area contributed by atoms with Crippen molar-refractivity contribution in [1.82, 2.24) is 4.90 Å². The Hall–Kier alpha value is -3.48. The number of carbonyl (C=O) groups is 4. The van der Waals surface area contributed by atoms with Crippen LogP contribution in [0, 0.1) is 5.92 Å². The molecule has 0 saturated heterocycles.